The lowest BCUT2D eigenvalue weighted by atomic mass is 10.3. The van der Waals surface area contributed by atoms with E-state index in [0.29, 0.717) is 0 Å². The van der Waals surface area contributed by atoms with Crippen LogP contribution >= 0.6 is 0 Å². The molecule has 15 heavy (non-hydrogen) atoms. The quantitative estimate of drug-likeness (QED) is 0.270. The molecule has 0 spiro atoms. The Balaban J connectivity index is 4.35. The largest absolute Gasteiger partial charge is 0.390 e. The van der Waals surface area contributed by atoms with Gasteiger partial charge in [0.1, 0.15) is 0 Å². The van der Waals surface area contributed by atoms with E-state index in [4.69, 9.17) is 0 Å². The Morgan fingerprint density at radius 1 is 1.00 bits per heavy atom. The first-order valence-corrected chi connectivity index (χ1v) is 3.92. The molecule has 0 fully saturated rings. The smallest absolute Gasteiger partial charge is 0.339 e. The third-order valence-electron chi connectivity index (χ3n) is 1.38. The summed E-state index contributed by atoms with van der Waals surface area (Å²) < 4.78 is 4.26. The van der Waals surface area contributed by atoms with Crippen molar-refractivity contribution in [3.8, 4) is 0 Å². The fraction of sp³-hybridized carbons (Fsp3) is 0.500. The Hall–Kier alpha value is -2.10. The number of isocyanates is 2. The Labute approximate surface area is 84.8 Å². The molecule has 0 aromatic carbocycles. The first-order valence-electron chi connectivity index (χ1n) is 3.92. The molecule has 0 aliphatic heterocycles. The average molecular weight is 212 g/mol. The molecule has 0 aliphatic carbocycles. The summed E-state index contributed by atoms with van der Waals surface area (Å²) in [6.45, 7) is 2.52. The highest BCUT2D eigenvalue weighted by Gasteiger charge is 2.21. The molecule has 0 amide bonds. The van der Waals surface area contributed by atoms with Gasteiger partial charge in [0, 0.05) is 0 Å². The summed E-state index contributed by atoms with van der Waals surface area (Å²) in [6, 6.07) is -2.22. The number of hydrogen-bond acceptors (Lipinski definition) is 7. The van der Waals surface area contributed by atoms with Crippen LogP contribution in [0, 0.1) is 0 Å². The number of nitrogens with zero attached hydrogens (tertiary/aromatic N) is 2. The lowest BCUT2D eigenvalue weighted by molar-refractivity contribution is -0.160. The number of aliphatic imine (C=N–C) groups is 2. The molecule has 0 saturated carbocycles. The van der Waals surface area contributed by atoms with E-state index in [2.05, 4.69) is 14.7 Å². The molecule has 7 nitrogen and oxygen atoms in total. The van der Waals surface area contributed by atoms with Crippen molar-refractivity contribution in [2.24, 2.45) is 9.98 Å². The number of rotatable bonds is 4. The summed E-state index contributed by atoms with van der Waals surface area (Å²) in [5, 5.41) is 0. The van der Waals surface area contributed by atoms with Crippen molar-refractivity contribution in [1.29, 1.82) is 0 Å². The van der Waals surface area contributed by atoms with E-state index in [1.165, 1.54) is 13.8 Å². The number of carbonyl (C=O) groups excluding carboxylic acids is 4. The summed E-state index contributed by atoms with van der Waals surface area (Å²) in [5.74, 6) is -2.01. The van der Waals surface area contributed by atoms with Gasteiger partial charge in [0.15, 0.2) is 12.1 Å². The van der Waals surface area contributed by atoms with Gasteiger partial charge >= 0.3 is 11.9 Å². The molecular formula is C8H8N2O5. The molecule has 0 aromatic heterocycles. The third kappa shape index (κ3) is 4.61. The second-order valence-electron chi connectivity index (χ2n) is 2.53. The molecule has 0 saturated heterocycles. The first kappa shape index (κ1) is 12.9. The van der Waals surface area contributed by atoms with E-state index >= 15 is 0 Å². The zero-order valence-corrected chi connectivity index (χ0v) is 8.09. The highest BCUT2D eigenvalue weighted by molar-refractivity contribution is 5.91. The van der Waals surface area contributed by atoms with Crippen molar-refractivity contribution in [3.05, 3.63) is 0 Å². The molecule has 0 heterocycles. The normalized spacial score (nSPS) is 12.7. The second kappa shape index (κ2) is 6.37. The van der Waals surface area contributed by atoms with Gasteiger partial charge in [-0.05, 0) is 13.8 Å². The Morgan fingerprint density at radius 2 is 1.33 bits per heavy atom. The fourth-order valence-corrected chi connectivity index (χ4v) is 0.533. The Bertz CT molecular complexity index is 318. The maximum absolute atomic E-state index is 11.0. The van der Waals surface area contributed by atoms with E-state index in [9.17, 15) is 19.2 Å². The summed E-state index contributed by atoms with van der Waals surface area (Å²) in [7, 11) is 0. The average Bonchev–Trinajstić information content (AvgIpc) is 2.18. The highest BCUT2D eigenvalue weighted by atomic mass is 16.6. The van der Waals surface area contributed by atoms with Gasteiger partial charge in [0.05, 0.1) is 0 Å². The molecule has 7 heteroatoms. The minimum Gasteiger partial charge on any atom is -0.390 e. The standard InChI is InChI=1S/C8H8N2O5/c1-5(9-3-11)7(13)15-8(14)6(2)10-4-12/h5-6H,1-2H3. The van der Waals surface area contributed by atoms with Crippen LogP contribution in [0.4, 0.5) is 0 Å². The van der Waals surface area contributed by atoms with E-state index < -0.39 is 24.0 Å². The molecule has 0 aliphatic rings. The topological polar surface area (TPSA) is 102 Å². The summed E-state index contributed by atoms with van der Waals surface area (Å²) in [6.07, 6.45) is 2.31. The van der Waals surface area contributed by atoms with Gasteiger partial charge in [-0.15, -0.1) is 0 Å². The van der Waals surface area contributed by atoms with Crippen molar-refractivity contribution >= 4 is 24.1 Å². The lowest BCUT2D eigenvalue weighted by Gasteiger charge is -2.05. The van der Waals surface area contributed by atoms with Crippen LogP contribution in [-0.4, -0.2) is 36.2 Å². The van der Waals surface area contributed by atoms with Gasteiger partial charge in [-0.1, -0.05) is 0 Å². The van der Waals surface area contributed by atoms with Gasteiger partial charge in [0.2, 0.25) is 12.2 Å². The van der Waals surface area contributed by atoms with Gasteiger partial charge in [-0.2, -0.15) is 9.98 Å². The van der Waals surface area contributed by atoms with Crippen LogP contribution in [0.2, 0.25) is 0 Å². The van der Waals surface area contributed by atoms with Crippen molar-refractivity contribution in [3.63, 3.8) is 0 Å². The third-order valence-corrected chi connectivity index (χ3v) is 1.38. The van der Waals surface area contributed by atoms with E-state index in [1.54, 1.807) is 0 Å². The lowest BCUT2D eigenvalue weighted by Crippen LogP contribution is -2.27. The predicted octanol–water partition coefficient (Wildman–Crippen LogP) is -0.495. The van der Waals surface area contributed by atoms with Crippen LogP contribution in [0.3, 0.4) is 0 Å². The zero-order valence-electron chi connectivity index (χ0n) is 8.09. The van der Waals surface area contributed by atoms with Crippen molar-refractivity contribution in [2.45, 2.75) is 25.9 Å². The summed E-state index contributed by atoms with van der Waals surface area (Å²) in [5.41, 5.74) is 0. The molecule has 0 bridgehead atoms. The number of hydrogen-bond donors (Lipinski definition) is 0. The van der Waals surface area contributed by atoms with Crippen LogP contribution in [0.1, 0.15) is 13.8 Å². The monoisotopic (exact) mass is 212 g/mol. The summed E-state index contributed by atoms with van der Waals surface area (Å²) >= 11 is 0. The number of esters is 2. The van der Waals surface area contributed by atoms with Gasteiger partial charge in [0.25, 0.3) is 0 Å². The van der Waals surface area contributed by atoms with Crippen LogP contribution in [0.5, 0.6) is 0 Å². The molecule has 0 rings (SSSR count). The van der Waals surface area contributed by atoms with E-state index in [1.807, 2.05) is 0 Å². The fourth-order valence-electron chi connectivity index (χ4n) is 0.533. The summed E-state index contributed by atoms with van der Waals surface area (Å²) in [4.78, 5) is 47.7. The van der Waals surface area contributed by atoms with Gasteiger partial charge < -0.3 is 4.74 Å². The van der Waals surface area contributed by atoms with Crippen LogP contribution in [0.25, 0.3) is 0 Å². The SMILES string of the molecule is CC(N=C=O)C(=O)OC(=O)C(C)N=C=O. The number of carbonyl (C=O) groups is 2. The van der Waals surface area contributed by atoms with Crippen molar-refractivity contribution in [2.75, 3.05) is 0 Å². The van der Waals surface area contributed by atoms with Crippen LogP contribution in [0.15, 0.2) is 9.98 Å². The van der Waals surface area contributed by atoms with Gasteiger partial charge in [-0.25, -0.2) is 19.2 Å². The van der Waals surface area contributed by atoms with Crippen molar-refractivity contribution in [1.82, 2.24) is 0 Å². The minimum atomic E-state index is -1.11. The van der Waals surface area contributed by atoms with Gasteiger partial charge in [-0.3, -0.25) is 0 Å². The number of ether oxygens (including phenoxy) is 1. The maximum Gasteiger partial charge on any atom is 0.339 e. The molecule has 0 aromatic rings. The maximum atomic E-state index is 11.0. The van der Waals surface area contributed by atoms with E-state index in [0.717, 1.165) is 12.2 Å². The molecule has 2 unspecified atom stereocenters. The van der Waals surface area contributed by atoms with E-state index in [-0.39, 0.29) is 0 Å². The Kier molecular flexibility index (Phi) is 5.48. The van der Waals surface area contributed by atoms with Crippen LogP contribution < -0.4 is 0 Å². The molecular weight excluding hydrogens is 204 g/mol. The molecule has 0 radical (unpaired) electrons. The Morgan fingerprint density at radius 3 is 1.60 bits per heavy atom. The van der Waals surface area contributed by atoms with Crippen LogP contribution in [-0.2, 0) is 23.9 Å². The highest BCUT2D eigenvalue weighted by Crippen LogP contribution is 1.98. The second-order valence-corrected chi connectivity index (χ2v) is 2.53. The predicted molar refractivity (Wildman–Crippen MR) is 46.3 cm³/mol. The molecule has 0 N–H and O–H groups in total. The molecule has 2 atom stereocenters. The van der Waals surface area contributed by atoms with Crippen molar-refractivity contribution < 1.29 is 23.9 Å². The molecule has 80 valence electrons. The zero-order chi connectivity index (χ0) is 11.8. The first-order chi connectivity index (χ1) is 7.02. The minimum absolute atomic E-state index is 1.00.